The Morgan fingerprint density at radius 2 is 1.74 bits per heavy atom. The van der Waals surface area contributed by atoms with Crippen molar-refractivity contribution in [2.75, 3.05) is 20.8 Å². The van der Waals surface area contributed by atoms with Crippen molar-refractivity contribution in [3.8, 4) is 11.5 Å². The first-order chi connectivity index (χ1) is 17.1. The number of nitrogens with zero attached hydrogens (tertiary/aromatic N) is 2. The Labute approximate surface area is 210 Å². The Bertz CT molecular complexity index is 1240. The van der Waals surface area contributed by atoms with Crippen LogP contribution >= 0.6 is 11.8 Å². The SMILES string of the molecule is CCOC(=O)C1=CSC2=NC3=C(CCC/C3=C\c3ccc(OC)cc3)C(c3ccc(OC)cc3)N12. The molecule has 2 aromatic carbocycles. The van der Waals surface area contributed by atoms with Crippen LogP contribution < -0.4 is 9.47 Å². The number of thioether (sulfide) groups is 1. The average Bonchev–Trinajstić information content (AvgIpc) is 3.32. The minimum absolute atomic E-state index is 0.131. The van der Waals surface area contributed by atoms with E-state index in [9.17, 15) is 4.79 Å². The van der Waals surface area contributed by atoms with Gasteiger partial charge in [-0.3, -0.25) is 0 Å². The summed E-state index contributed by atoms with van der Waals surface area (Å²) >= 11 is 1.47. The van der Waals surface area contributed by atoms with Gasteiger partial charge < -0.3 is 19.1 Å². The predicted octanol–water partition coefficient (Wildman–Crippen LogP) is 6.09. The molecule has 0 radical (unpaired) electrons. The van der Waals surface area contributed by atoms with Crippen molar-refractivity contribution in [1.29, 1.82) is 0 Å². The minimum Gasteiger partial charge on any atom is -0.497 e. The molecule has 180 valence electrons. The number of methoxy groups -OCH3 is 2. The van der Waals surface area contributed by atoms with Gasteiger partial charge in [-0.1, -0.05) is 36.0 Å². The third-order valence-corrected chi connectivity index (χ3v) is 7.25. The van der Waals surface area contributed by atoms with Crippen LogP contribution in [-0.4, -0.2) is 36.9 Å². The first kappa shape index (κ1) is 23.3. The van der Waals surface area contributed by atoms with Crippen LogP contribution in [0, 0.1) is 0 Å². The third-order valence-electron chi connectivity index (χ3n) is 6.41. The summed E-state index contributed by atoms with van der Waals surface area (Å²) in [6.07, 6.45) is 5.12. The van der Waals surface area contributed by atoms with Crippen LogP contribution in [0.25, 0.3) is 6.08 Å². The molecular formula is C28H28N2O4S. The Balaban J connectivity index is 1.60. The molecule has 6 nitrogen and oxygen atoms in total. The third kappa shape index (κ3) is 4.48. The highest BCUT2D eigenvalue weighted by atomic mass is 32.2. The Hall–Kier alpha value is -3.45. The molecule has 1 aliphatic carbocycles. The van der Waals surface area contributed by atoms with Gasteiger partial charge in [0.25, 0.3) is 0 Å². The number of aliphatic imine (C=N–C) groups is 1. The molecule has 35 heavy (non-hydrogen) atoms. The number of rotatable bonds is 6. The molecule has 3 aliphatic rings. The number of carbonyl (C=O) groups is 1. The van der Waals surface area contributed by atoms with Crippen molar-refractivity contribution in [3.63, 3.8) is 0 Å². The van der Waals surface area contributed by atoms with E-state index in [-0.39, 0.29) is 12.0 Å². The van der Waals surface area contributed by atoms with E-state index >= 15 is 0 Å². The lowest BCUT2D eigenvalue weighted by Gasteiger charge is -2.39. The summed E-state index contributed by atoms with van der Waals surface area (Å²) in [5.74, 6) is 1.31. The molecule has 2 heterocycles. The fourth-order valence-corrected chi connectivity index (χ4v) is 5.65. The predicted molar refractivity (Wildman–Crippen MR) is 139 cm³/mol. The standard InChI is InChI=1S/C28H28N2O4S/c1-4-34-27(31)24-17-35-28-29-25-20(16-18-8-12-21(32-2)13-9-18)6-5-7-23(25)26(30(24)28)19-10-14-22(33-3)15-11-19/h8-17,26H,4-7H2,1-3H3/b20-16+. The van der Waals surface area contributed by atoms with Crippen LogP contribution in [-0.2, 0) is 9.53 Å². The molecule has 0 amide bonds. The smallest absolute Gasteiger partial charge is 0.355 e. The largest absolute Gasteiger partial charge is 0.497 e. The van der Waals surface area contributed by atoms with E-state index in [1.807, 2.05) is 41.5 Å². The molecule has 1 atom stereocenters. The summed E-state index contributed by atoms with van der Waals surface area (Å²) in [6, 6.07) is 16.0. The zero-order valence-corrected chi connectivity index (χ0v) is 20.9. The van der Waals surface area contributed by atoms with Crippen molar-refractivity contribution in [3.05, 3.63) is 87.6 Å². The number of hydrogen-bond donors (Lipinski definition) is 0. The summed E-state index contributed by atoms with van der Waals surface area (Å²) in [5, 5.41) is 2.66. The number of amidine groups is 1. The molecule has 7 heteroatoms. The van der Waals surface area contributed by atoms with Gasteiger partial charge in [0.05, 0.1) is 32.6 Å². The zero-order valence-electron chi connectivity index (χ0n) is 20.1. The molecule has 2 aliphatic heterocycles. The molecule has 5 rings (SSSR count). The van der Waals surface area contributed by atoms with Crippen LogP contribution in [0.5, 0.6) is 11.5 Å². The van der Waals surface area contributed by atoms with Gasteiger partial charge in [0, 0.05) is 5.41 Å². The van der Waals surface area contributed by atoms with Gasteiger partial charge in [0.2, 0.25) is 0 Å². The van der Waals surface area contributed by atoms with Crippen LogP contribution in [0.4, 0.5) is 0 Å². The summed E-state index contributed by atoms with van der Waals surface area (Å²) in [4.78, 5) is 20.0. The molecule has 0 spiro atoms. The van der Waals surface area contributed by atoms with E-state index in [4.69, 9.17) is 19.2 Å². The quantitative estimate of drug-likeness (QED) is 0.459. The van der Waals surface area contributed by atoms with Crippen LogP contribution in [0.15, 0.2) is 81.5 Å². The van der Waals surface area contributed by atoms with Crippen molar-refractivity contribution in [2.24, 2.45) is 4.99 Å². The number of allylic oxidation sites excluding steroid dienone is 1. The Morgan fingerprint density at radius 1 is 1.06 bits per heavy atom. The fraction of sp³-hybridized carbons (Fsp3) is 0.286. The molecule has 1 unspecified atom stereocenters. The Kier molecular flexibility index (Phi) is 6.68. The molecule has 0 N–H and O–H groups in total. The molecule has 0 aromatic heterocycles. The maximum absolute atomic E-state index is 12.8. The average molecular weight is 489 g/mol. The normalized spacial score (nSPS) is 20.1. The summed E-state index contributed by atoms with van der Waals surface area (Å²) < 4.78 is 16.1. The van der Waals surface area contributed by atoms with E-state index in [2.05, 4.69) is 30.3 Å². The van der Waals surface area contributed by atoms with Crippen LogP contribution in [0.1, 0.15) is 43.4 Å². The van der Waals surface area contributed by atoms with E-state index in [1.165, 1.54) is 22.9 Å². The van der Waals surface area contributed by atoms with Gasteiger partial charge in [-0.25, -0.2) is 9.79 Å². The van der Waals surface area contributed by atoms with Gasteiger partial charge >= 0.3 is 5.97 Å². The second-order valence-electron chi connectivity index (χ2n) is 8.45. The molecule has 0 saturated heterocycles. The summed E-state index contributed by atoms with van der Waals surface area (Å²) in [7, 11) is 3.34. The number of fused-ring (bicyclic) bond motifs is 1. The number of benzene rings is 2. The lowest BCUT2D eigenvalue weighted by molar-refractivity contribution is -0.139. The van der Waals surface area contributed by atoms with Gasteiger partial charge in [0.15, 0.2) is 5.17 Å². The van der Waals surface area contributed by atoms with Gasteiger partial charge in [-0.2, -0.15) is 0 Å². The topological polar surface area (TPSA) is 60.4 Å². The minimum atomic E-state index is -0.322. The second kappa shape index (κ2) is 10.0. The number of esters is 1. The maximum Gasteiger partial charge on any atom is 0.355 e. The maximum atomic E-state index is 12.8. The summed E-state index contributed by atoms with van der Waals surface area (Å²) in [5.41, 5.74) is 6.21. The first-order valence-corrected chi connectivity index (χ1v) is 12.6. The lowest BCUT2D eigenvalue weighted by Crippen LogP contribution is -2.37. The highest BCUT2D eigenvalue weighted by Crippen LogP contribution is 2.49. The number of hydrogen-bond acceptors (Lipinski definition) is 7. The zero-order chi connectivity index (χ0) is 24.4. The molecule has 0 fully saturated rings. The lowest BCUT2D eigenvalue weighted by atomic mass is 9.83. The summed E-state index contributed by atoms with van der Waals surface area (Å²) in [6.45, 7) is 2.15. The van der Waals surface area contributed by atoms with Crippen LogP contribution in [0.3, 0.4) is 0 Å². The van der Waals surface area contributed by atoms with E-state index in [0.717, 1.165) is 52.8 Å². The van der Waals surface area contributed by atoms with Gasteiger partial charge in [0.1, 0.15) is 17.2 Å². The second-order valence-corrected chi connectivity index (χ2v) is 9.29. The molecule has 0 bridgehead atoms. The van der Waals surface area contributed by atoms with Gasteiger partial charge in [-0.05, 0) is 78.8 Å². The van der Waals surface area contributed by atoms with Crippen molar-refractivity contribution >= 4 is 29.0 Å². The Morgan fingerprint density at radius 3 is 2.40 bits per heavy atom. The van der Waals surface area contributed by atoms with Crippen molar-refractivity contribution in [2.45, 2.75) is 32.2 Å². The van der Waals surface area contributed by atoms with E-state index < -0.39 is 0 Å². The fourth-order valence-electron chi connectivity index (χ4n) is 4.76. The van der Waals surface area contributed by atoms with Crippen molar-refractivity contribution in [1.82, 2.24) is 4.90 Å². The number of ether oxygens (including phenoxy) is 3. The highest BCUT2D eigenvalue weighted by molar-refractivity contribution is 8.16. The monoisotopic (exact) mass is 488 g/mol. The highest BCUT2D eigenvalue weighted by Gasteiger charge is 2.42. The molecular weight excluding hydrogens is 460 g/mol. The van der Waals surface area contributed by atoms with E-state index in [0.29, 0.717) is 12.3 Å². The van der Waals surface area contributed by atoms with Gasteiger partial charge in [-0.15, -0.1) is 0 Å². The van der Waals surface area contributed by atoms with Crippen LogP contribution in [0.2, 0.25) is 0 Å². The van der Waals surface area contributed by atoms with Crippen molar-refractivity contribution < 1.29 is 19.0 Å². The van der Waals surface area contributed by atoms with E-state index in [1.54, 1.807) is 14.2 Å². The number of carbonyl (C=O) groups excluding carboxylic acids is 1. The molecule has 2 aromatic rings. The first-order valence-electron chi connectivity index (χ1n) is 11.8. The molecule has 0 saturated carbocycles.